The molecule has 244 valence electrons. The third-order valence-electron chi connectivity index (χ3n) is 7.88. The Labute approximate surface area is 267 Å². The number of aryl methyl sites for hydroxylation is 2. The maximum absolute atomic E-state index is 14.6. The number of carbonyl (C=O) groups excluding carboxylic acids is 1. The van der Waals surface area contributed by atoms with E-state index in [2.05, 4.69) is 14.8 Å². The van der Waals surface area contributed by atoms with Crippen molar-refractivity contribution in [3.8, 4) is 22.9 Å². The van der Waals surface area contributed by atoms with E-state index in [0.717, 1.165) is 12.1 Å². The number of aliphatic hydroxyl groups excluding tert-OH is 1. The quantitative estimate of drug-likeness (QED) is 0.148. The molecule has 0 saturated carbocycles. The predicted octanol–water partition coefficient (Wildman–Crippen LogP) is 6.28. The van der Waals surface area contributed by atoms with Crippen LogP contribution in [0.5, 0.6) is 17.2 Å². The molecule has 46 heavy (non-hydrogen) atoms. The van der Waals surface area contributed by atoms with Gasteiger partial charge in [-0.3, -0.25) is 4.79 Å². The van der Waals surface area contributed by atoms with Gasteiger partial charge in [-0.2, -0.15) is 5.10 Å². The molecule has 9 nitrogen and oxygen atoms in total. The third kappa shape index (κ3) is 7.53. The van der Waals surface area contributed by atoms with Crippen molar-refractivity contribution in [2.45, 2.75) is 38.1 Å². The van der Waals surface area contributed by atoms with E-state index in [1.807, 2.05) is 6.07 Å². The van der Waals surface area contributed by atoms with Crippen molar-refractivity contribution >= 4 is 23.1 Å². The summed E-state index contributed by atoms with van der Waals surface area (Å²) in [7, 11) is 3.26. The molecule has 0 aliphatic heterocycles. The zero-order valence-corrected chi connectivity index (χ0v) is 25.7. The van der Waals surface area contributed by atoms with E-state index in [0.29, 0.717) is 57.4 Å². The summed E-state index contributed by atoms with van der Waals surface area (Å²) in [5.74, 6) is -1.97. The number of likely N-dealkylation sites (N-methyl/N-ethyl adjacent to an activating group) is 1. The summed E-state index contributed by atoms with van der Waals surface area (Å²) in [6.07, 6.45) is -0.983. The molecule has 2 unspecified atom stereocenters. The minimum atomic E-state index is -5.04. The van der Waals surface area contributed by atoms with Crippen molar-refractivity contribution < 1.29 is 41.7 Å². The van der Waals surface area contributed by atoms with Gasteiger partial charge in [-0.15, -0.1) is 13.2 Å². The number of ketones is 1. The molecule has 1 aromatic heterocycles. The summed E-state index contributed by atoms with van der Waals surface area (Å²) in [6, 6.07) is 11.4. The van der Waals surface area contributed by atoms with E-state index in [9.17, 15) is 27.5 Å². The van der Waals surface area contributed by atoms with Gasteiger partial charge in [0.1, 0.15) is 36.8 Å². The Bertz CT molecular complexity index is 1690. The minimum Gasteiger partial charge on any atom is -0.497 e. The first-order valence-electron chi connectivity index (χ1n) is 14.4. The molecule has 1 N–H and O–H groups in total. The molecule has 0 spiro atoms. The number of aromatic nitrogens is 3. The highest BCUT2D eigenvalue weighted by molar-refractivity contribution is 6.30. The number of aliphatic hydroxyl groups is 1. The molecule has 3 aromatic carbocycles. The van der Waals surface area contributed by atoms with Gasteiger partial charge >= 0.3 is 6.36 Å². The zero-order valence-electron chi connectivity index (χ0n) is 24.9. The number of ether oxygens (including phenoxy) is 3. The molecular formula is C32H31ClF4N4O5. The molecule has 2 atom stereocenters. The largest absolute Gasteiger partial charge is 0.573 e. The zero-order chi connectivity index (χ0) is 33.0. The van der Waals surface area contributed by atoms with Crippen molar-refractivity contribution in [1.82, 2.24) is 14.8 Å². The highest BCUT2D eigenvalue weighted by Crippen LogP contribution is 2.40. The molecule has 5 rings (SSSR count). The lowest BCUT2D eigenvalue weighted by atomic mass is 9.86. The van der Waals surface area contributed by atoms with Crippen molar-refractivity contribution in [1.29, 1.82) is 0 Å². The van der Waals surface area contributed by atoms with E-state index in [4.69, 9.17) is 21.1 Å². The number of Topliss-reactive ketones (excluding diaryl/α,β-unsaturated/α-hetero) is 1. The van der Waals surface area contributed by atoms with Crippen LogP contribution in [0.3, 0.4) is 0 Å². The lowest BCUT2D eigenvalue weighted by molar-refractivity contribution is -0.275. The van der Waals surface area contributed by atoms with Gasteiger partial charge in [0, 0.05) is 41.4 Å². The lowest BCUT2D eigenvalue weighted by Gasteiger charge is -2.33. The number of methoxy groups -OCH3 is 1. The number of alkyl halides is 3. The molecule has 0 radical (unpaired) electrons. The minimum absolute atomic E-state index is 0.0415. The van der Waals surface area contributed by atoms with Crippen molar-refractivity contribution in [3.63, 3.8) is 0 Å². The molecule has 14 heteroatoms. The number of rotatable bonds is 11. The fraction of sp³-hybridized carbons (Fsp3) is 0.344. The van der Waals surface area contributed by atoms with E-state index < -0.39 is 29.9 Å². The average Bonchev–Trinajstić information content (AvgIpc) is 3.49. The van der Waals surface area contributed by atoms with Gasteiger partial charge < -0.3 is 24.2 Å². The molecule has 0 bridgehead atoms. The Morgan fingerprint density at radius 2 is 1.85 bits per heavy atom. The highest BCUT2D eigenvalue weighted by atomic mass is 35.5. The number of halogens is 5. The summed E-state index contributed by atoms with van der Waals surface area (Å²) < 4.78 is 70.0. The Kier molecular flexibility index (Phi) is 10.0. The van der Waals surface area contributed by atoms with Gasteiger partial charge in [0.15, 0.2) is 17.3 Å². The first kappa shape index (κ1) is 33.0. The van der Waals surface area contributed by atoms with Crippen molar-refractivity contribution in [2.24, 2.45) is 5.92 Å². The van der Waals surface area contributed by atoms with Crippen LogP contribution < -0.4 is 19.1 Å². The Morgan fingerprint density at radius 3 is 2.50 bits per heavy atom. The van der Waals surface area contributed by atoms with Crippen molar-refractivity contribution in [3.05, 3.63) is 88.7 Å². The average molecular weight is 663 g/mol. The topological polar surface area (TPSA) is 98.9 Å². The second kappa shape index (κ2) is 14.0. The molecule has 0 saturated heterocycles. The standard InChI is InChI=1S/C32H31ClF4N4O5/c1-40(23-14-24(16-25(15-23)44-2)41-18-38-17-39-41)30(26-8-7-22(33)13-28(26)45-10-9-42)31(43)19-3-5-20-11-27(34)29(46-32(35,36)37)12-21(20)6-4-19/h7-8,11-19,30,42H,3-6,9-10H2,1-2H3. The second-order valence-corrected chi connectivity index (χ2v) is 11.2. The molecule has 0 fully saturated rings. The summed E-state index contributed by atoms with van der Waals surface area (Å²) in [5.41, 5.74) is 2.73. The molecular weight excluding hydrogens is 632 g/mol. The van der Waals surface area contributed by atoms with Crippen LogP contribution in [0.1, 0.15) is 35.6 Å². The number of carbonyl (C=O) groups is 1. The van der Waals surface area contributed by atoms with E-state index >= 15 is 0 Å². The molecule has 1 aliphatic carbocycles. The van der Waals surface area contributed by atoms with Crippen LogP contribution in [0.15, 0.2) is 61.2 Å². The predicted molar refractivity (Wildman–Crippen MR) is 161 cm³/mol. The molecule has 1 aliphatic rings. The van der Waals surface area contributed by atoms with Gasteiger partial charge in [0.2, 0.25) is 0 Å². The number of fused-ring (bicyclic) bond motifs is 1. The van der Waals surface area contributed by atoms with Gasteiger partial charge in [-0.25, -0.2) is 14.1 Å². The number of nitrogens with zero attached hydrogens (tertiary/aromatic N) is 4. The fourth-order valence-electron chi connectivity index (χ4n) is 5.70. The van der Waals surface area contributed by atoms with E-state index in [-0.39, 0.29) is 31.8 Å². The van der Waals surface area contributed by atoms with Crippen molar-refractivity contribution in [2.75, 3.05) is 32.3 Å². The summed E-state index contributed by atoms with van der Waals surface area (Å²) in [6.45, 7) is -0.310. The Balaban J connectivity index is 1.53. The van der Waals surface area contributed by atoms with Gasteiger partial charge in [0.05, 0.1) is 19.4 Å². The molecule has 4 aromatic rings. The van der Waals surface area contributed by atoms with E-state index in [1.54, 1.807) is 47.0 Å². The van der Waals surface area contributed by atoms with Crippen LogP contribution in [0.2, 0.25) is 5.02 Å². The van der Waals surface area contributed by atoms with Gasteiger partial charge in [-0.05, 0) is 67.1 Å². The maximum Gasteiger partial charge on any atom is 0.573 e. The maximum atomic E-state index is 14.6. The van der Waals surface area contributed by atoms with Crippen LogP contribution in [0.4, 0.5) is 23.2 Å². The van der Waals surface area contributed by atoms with Gasteiger partial charge in [0.25, 0.3) is 0 Å². The smallest absolute Gasteiger partial charge is 0.497 e. The third-order valence-corrected chi connectivity index (χ3v) is 8.12. The lowest BCUT2D eigenvalue weighted by Crippen LogP contribution is -2.35. The number of hydrogen-bond acceptors (Lipinski definition) is 8. The van der Waals surface area contributed by atoms with Crippen LogP contribution >= 0.6 is 11.6 Å². The van der Waals surface area contributed by atoms with Crippen LogP contribution in [-0.4, -0.2) is 59.4 Å². The summed E-state index contributed by atoms with van der Waals surface area (Å²) in [5, 5.41) is 14.0. The van der Waals surface area contributed by atoms with Crippen LogP contribution in [-0.2, 0) is 17.6 Å². The normalized spacial score (nSPS) is 15.4. The van der Waals surface area contributed by atoms with Gasteiger partial charge in [-0.1, -0.05) is 17.7 Å². The molecule has 0 amide bonds. The first-order valence-corrected chi connectivity index (χ1v) is 14.8. The Morgan fingerprint density at radius 1 is 1.11 bits per heavy atom. The van der Waals surface area contributed by atoms with Crippen LogP contribution in [0, 0.1) is 11.7 Å². The molecule has 1 heterocycles. The second-order valence-electron chi connectivity index (χ2n) is 10.8. The Hall–Kier alpha value is -4.36. The monoisotopic (exact) mass is 662 g/mol. The number of benzene rings is 3. The summed E-state index contributed by atoms with van der Waals surface area (Å²) in [4.78, 5) is 20.4. The van der Waals surface area contributed by atoms with Crippen LogP contribution in [0.25, 0.3) is 5.69 Å². The summed E-state index contributed by atoms with van der Waals surface area (Å²) >= 11 is 6.30. The first-order chi connectivity index (χ1) is 22.0. The fourth-order valence-corrected chi connectivity index (χ4v) is 5.86. The van der Waals surface area contributed by atoms with E-state index in [1.165, 1.54) is 19.8 Å². The SMILES string of the molecule is COc1cc(N(C)C(C(=O)C2CCc3cc(F)c(OC(F)(F)F)cc3CC2)c2ccc(Cl)cc2OCCO)cc(-n2cncn2)c1. The number of hydrogen-bond donors (Lipinski definition) is 1. The number of anilines is 1. The highest BCUT2D eigenvalue weighted by Gasteiger charge is 2.36.